The summed E-state index contributed by atoms with van der Waals surface area (Å²) in [7, 11) is 0. The fourth-order valence-electron chi connectivity index (χ4n) is 3.62. The molecule has 0 heterocycles. The molecule has 3 N–H and O–H groups in total. The maximum Gasteiger partial charge on any atom is 0.311 e. The molecular formula is C24H40O5. The summed E-state index contributed by atoms with van der Waals surface area (Å²) in [5.74, 6) is -1.49. The number of benzene rings is 1. The van der Waals surface area contributed by atoms with Gasteiger partial charge in [-0.3, -0.25) is 4.79 Å². The summed E-state index contributed by atoms with van der Waals surface area (Å²) in [4.78, 5) is 12.0. The number of ether oxygens (including phenoxy) is 1. The van der Waals surface area contributed by atoms with Crippen LogP contribution >= 0.6 is 0 Å². The number of esters is 1. The van der Waals surface area contributed by atoms with Crippen molar-refractivity contribution < 1.29 is 24.9 Å². The lowest BCUT2D eigenvalue weighted by Crippen LogP contribution is -2.10. The van der Waals surface area contributed by atoms with Gasteiger partial charge in [0.1, 0.15) is 5.75 Å². The topological polar surface area (TPSA) is 87.0 Å². The SMILES string of the molecule is CCCCCCCCCCCCC(CC)CCC(=O)Oc1cc(O)c(O)c(O)c1. The van der Waals surface area contributed by atoms with E-state index in [1.807, 2.05) is 0 Å². The summed E-state index contributed by atoms with van der Waals surface area (Å²) in [5.41, 5.74) is 0. The summed E-state index contributed by atoms with van der Waals surface area (Å²) in [6, 6.07) is 2.24. The number of hydrogen-bond acceptors (Lipinski definition) is 5. The maximum absolute atomic E-state index is 12.0. The third-order valence-corrected chi connectivity index (χ3v) is 5.57. The minimum atomic E-state index is -0.618. The highest BCUT2D eigenvalue weighted by Crippen LogP contribution is 2.38. The van der Waals surface area contributed by atoms with Gasteiger partial charge < -0.3 is 20.1 Å². The molecule has 0 aliphatic carbocycles. The number of carbonyl (C=O) groups is 1. The number of unbranched alkanes of at least 4 members (excludes halogenated alkanes) is 9. The predicted molar refractivity (Wildman–Crippen MR) is 117 cm³/mol. The summed E-state index contributed by atoms with van der Waals surface area (Å²) >= 11 is 0. The van der Waals surface area contributed by atoms with Gasteiger partial charge in [0.15, 0.2) is 11.5 Å². The second-order valence-electron chi connectivity index (χ2n) is 8.07. The van der Waals surface area contributed by atoms with Crippen LogP contribution in [0.15, 0.2) is 12.1 Å². The molecular weight excluding hydrogens is 368 g/mol. The molecule has 1 aromatic rings. The average Bonchev–Trinajstić information content (AvgIpc) is 2.69. The molecule has 0 radical (unpaired) electrons. The van der Waals surface area contributed by atoms with Crippen molar-refractivity contribution in [3.63, 3.8) is 0 Å². The lowest BCUT2D eigenvalue weighted by Gasteiger charge is -2.14. The quantitative estimate of drug-likeness (QED) is 0.121. The first-order valence-corrected chi connectivity index (χ1v) is 11.4. The van der Waals surface area contributed by atoms with Crippen LogP contribution in [0.25, 0.3) is 0 Å². The molecule has 0 fully saturated rings. The largest absolute Gasteiger partial charge is 0.504 e. The second kappa shape index (κ2) is 15.0. The van der Waals surface area contributed by atoms with Crippen molar-refractivity contribution in [1.29, 1.82) is 0 Å². The number of phenolic OH excluding ortho intramolecular Hbond substituents is 3. The van der Waals surface area contributed by atoms with Crippen molar-refractivity contribution in [3.8, 4) is 23.0 Å². The van der Waals surface area contributed by atoms with E-state index in [1.54, 1.807) is 0 Å². The lowest BCUT2D eigenvalue weighted by atomic mass is 9.93. The van der Waals surface area contributed by atoms with Crippen LogP contribution in [-0.4, -0.2) is 21.3 Å². The number of aromatic hydroxyl groups is 3. The molecule has 0 amide bonds. The van der Waals surface area contributed by atoms with Gasteiger partial charge in [-0.25, -0.2) is 0 Å². The van der Waals surface area contributed by atoms with E-state index in [0.717, 1.165) is 31.4 Å². The van der Waals surface area contributed by atoms with Crippen LogP contribution in [0.1, 0.15) is 104 Å². The molecule has 5 nitrogen and oxygen atoms in total. The molecule has 0 saturated heterocycles. The Morgan fingerprint density at radius 1 is 0.828 bits per heavy atom. The molecule has 0 bridgehead atoms. The highest BCUT2D eigenvalue weighted by Gasteiger charge is 2.14. The first-order valence-electron chi connectivity index (χ1n) is 11.4. The summed E-state index contributed by atoms with van der Waals surface area (Å²) in [6.45, 7) is 4.40. The normalized spacial score (nSPS) is 12.1. The zero-order chi connectivity index (χ0) is 21.5. The average molecular weight is 409 g/mol. The van der Waals surface area contributed by atoms with E-state index >= 15 is 0 Å². The molecule has 0 aromatic heterocycles. The van der Waals surface area contributed by atoms with E-state index in [-0.39, 0.29) is 5.75 Å². The van der Waals surface area contributed by atoms with E-state index in [1.165, 1.54) is 64.2 Å². The van der Waals surface area contributed by atoms with Crippen molar-refractivity contribution >= 4 is 5.97 Å². The molecule has 0 saturated carbocycles. The Labute approximate surface area is 176 Å². The molecule has 1 rings (SSSR count). The van der Waals surface area contributed by atoms with E-state index in [0.29, 0.717) is 12.3 Å². The van der Waals surface area contributed by atoms with Crippen LogP contribution in [0.5, 0.6) is 23.0 Å². The van der Waals surface area contributed by atoms with Crippen molar-refractivity contribution in [1.82, 2.24) is 0 Å². The summed E-state index contributed by atoms with van der Waals surface area (Å²) in [5, 5.41) is 28.3. The van der Waals surface area contributed by atoms with E-state index in [9.17, 15) is 20.1 Å². The van der Waals surface area contributed by atoms with Crippen LogP contribution in [-0.2, 0) is 4.79 Å². The number of rotatable bonds is 16. The number of carbonyl (C=O) groups excluding carboxylic acids is 1. The molecule has 0 aliphatic heterocycles. The predicted octanol–water partition coefficient (Wildman–Crippen LogP) is 6.83. The molecule has 0 spiro atoms. The van der Waals surface area contributed by atoms with Crippen LogP contribution in [0, 0.1) is 5.92 Å². The maximum atomic E-state index is 12.0. The van der Waals surface area contributed by atoms with Crippen molar-refractivity contribution in [2.45, 2.75) is 104 Å². The Kier molecular flexibility index (Phi) is 13.0. The van der Waals surface area contributed by atoms with Crippen LogP contribution in [0.3, 0.4) is 0 Å². The van der Waals surface area contributed by atoms with Crippen molar-refractivity contribution in [2.75, 3.05) is 0 Å². The molecule has 0 aliphatic rings. The third kappa shape index (κ3) is 11.0. The van der Waals surface area contributed by atoms with Gasteiger partial charge in [-0.1, -0.05) is 90.9 Å². The zero-order valence-electron chi connectivity index (χ0n) is 18.3. The van der Waals surface area contributed by atoms with Crippen LogP contribution in [0.4, 0.5) is 0 Å². The third-order valence-electron chi connectivity index (χ3n) is 5.57. The zero-order valence-corrected chi connectivity index (χ0v) is 18.3. The molecule has 166 valence electrons. The highest BCUT2D eigenvalue weighted by molar-refractivity contribution is 5.73. The van der Waals surface area contributed by atoms with Gasteiger partial charge in [0.25, 0.3) is 0 Å². The van der Waals surface area contributed by atoms with Gasteiger partial charge in [-0.05, 0) is 12.3 Å². The van der Waals surface area contributed by atoms with Crippen LogP contribution < -0.4 is 4.74 Å². The van der Waals surface area contributed by atoms with Gasteiger partial charge in [0.05, 0.1) is 0 Å². The molecule has 5 heteroatoms. The highest BCUT2D eigenvalue weighted by atomic mass is 16.5. The number of phenols is 3. The summed E-state index contributed by atoms with van der Waals surface area (Å²) in [6.07, 6.45) is 16.6. The Morgan fingerprint density at radius 2 is 1.34 bits per heavy atom. The van der Waals surface area contributed by atoms with Gasteiger partial charge in [-0.2, -0.15) is 0 Å². The number of hydrogen-bond donors (Lipinski definition) is 3. The first-order chi connectivity index (χ1) is 14.0. The van der Waals surface area contributed by atoms with Crippen molar-refractivity contribution in [3.05, 3.63) is 12.1 Å². The second-order valence-corrected chi connectivity index (χ2v) is 8.07. The first kappa shape index (κ1) is 25.1. The van der Waals surface area contributed by atoms with Gasteiger partial charge >= 0.3 is 5.97 Å². The monoisotopic (exact) mass is 408 g/mol. The smallest absolute Gasteiger partial charge is 0.311 e. The molecule has 29 heavy (non-hydrogen) atoms. The van der Waals surface area contributed by atoms with Gasteiger partial charge in [-0.15, -0.1) is 0 Å². The lowest BCUT2D eigenvalue weighted by molar-refractivity contribution is -0.134. The minimum absolute atomic E-state index is 0.0329. The molecule has 1 aromatic carbocycles. The summed E-state index contributed by atoms with van der Waals surface area (Å²) < 4.78 is 5.16. The Hall–Kier alpha value is -1.91. The fourth-order valence-corrected chi connectivity index (χ4v) is 3.62. The minimum Gasteiger partial charge on any atom is -0.504 e. The van der Waals surface area contributed by atoms with E-state index < -0.39 is 23.2 Å². The Balaban J connectivity index is 2.15. The van der Waals surface area contributed by atoms with Crippen LogP contribution in [0.2, 0.25) is 0 Å². The van der Waals surface area contributed by atoms with Crippen molar-refractivity contribution in [2.24, 2.45) is 5.92 Å². The van der Waals surface area contributed by atoms with E-state index in [2.05, 4.69) is 13.8 Å². The molecule has 1 unspecified atom stereocenters. The van der Waals surface area contributed by atoms with Gasteiger partial charge in [0, 0.05) is 18.6 Å². The van der Waals surface area contributed by atoms with E-state index in [4.69, 9.17) is 4.74 Å². The Bertz CT molecular complexity index is 562. The molecule has 1 atom stereocenters. The standard InChI is InChI=1S/C24H40O5/c1-3-5-6-7-8-9-10-11-12-13-14-19(4-2)15-16-23(27)29-20-17-21(25)24(28)22(26)18-20/h17-19,25-26,28H,3-16H2,1-2H3. The fraction of sp³-hybridized carbons (Fsp3) is 0.708. The van der Waals surface area contributed by atoms with Gasteiger partial charge in [0.2, 0.25) is 5.75 Å². The Morgan fingerprint density at radius 3 is 1.86 bits per heavy atom.